The number of nitro benzene ring substituents is 1. The van der Waals surface area contributed by atoms with Crippen LogP contribution in [0.2, 0.25) is 0 Å². The first-order valence-electron chi connectivity index (χ1n) is 11.4. The average molecular weight is 495 g/mol. The second-order valence-corrected chi connectivity index (χ2v) is 8.89. The molecule has 2 aliphatic rings. The molecule has 2 aromatic carbocycles. The lowest BCUT2D eigenvalue weighted by Gasteiger charge is -2.32. The van der Waals surface area contributed by atoms with E-state index in [4.69, 9.17) is 4.74 Å². The molecule has 0 saturated heterocycles. The molecular formula is C24H25F4N3O4. The molecule has 11 heteroatoms. The summed E-state index contributed by atoms with van der Waals surface area (Å²) in [7, 11) is 0. The molecule has 0 aromatic heterocycles. The zero-order valence-corrected chi connectivity index (χ0v) is 18.8. The number of nitrogens with one attached hydrogen (secondary N) is 1. The summed E-state index contributed by atoms with van der Waals surface area (Å²) in [6, 6.07) is 7.39. The first kappa shape index (κ1) is 24.9. The summed E-state index contributed by atoms with van der Waals surface area (Å²) >= 11 is 0. The Kier molecular flexibility index (Phi) is 7.25. The average Bonchev–Trinajstić information content (AvgIpc) is 2.82. The minimum Gasteiger partial charge on any atom is -0.382 e. The Labute approximate surface area is 199 Å². The number of nitro groups is 1. The molecular weight excluding hydrogens is 470 g/mol. The molecule has 7 nitrogen and oxygen atoms in total. The number of anilines is 1. The van der Waals surface area contributed by atoms with E-state index in [1.165, 1.54) is 18.2 Å². The van der Waals surface area contributed by atoms with Crippen molar-refractivity contribution in [3.63, 3.8) is 0 Å². The van der Waals surface area contributed by atoms with Crippen LogP contribution in [0.5, 0.6) is 0 Å². The molecule has 1 N–H and O–H groups in total. The Hall–Kier alpha value is -3.21. The maximum atomic E-state index is 13.4. The Balaban J connectivity index is 1.25. The topological polar surface area (TPSA) is 84.7 Å². The molecule has 0 spiro atoms. The van der Waals surface area contributed by atoms with Crippen molar-refractivity contribution in [2.45, 2.75) is 57.0 Å². The van der Waals surface area contributed by atoms with E-state index in [0.29, 0.717) is 45.2 Å². The number of fused-ring (bicyclic) bond motifs is 1. The predicted octanol–water partition coefficient (Wildman–Crippen LogP) is 5.08. The summed E-state index contributed by atoms with van der Waals surface area (Å²) in [5.41, 5.74) is -0.246. The smallest absolute Gasteiger partial charge is 0.382 e. The van der Waals surface area contributed by atoms with E-state index in [9.17, 15) is 32.5 Å². The molecule has 188 valence electrons. The summed E-state index contributed by atoms with van der Waals surface area (Å²) in [6.07, 6.45) is -1.86. The van der Waals surface area contributed by atoms with Crippen LogP contribution in [0.1, 0.15) is 42.4 Å². The van der Waals surface area contributed by atoms with Crippen LogP contribution in [0.3, 0.4) is 0 Å². The van der Waals surface area contributed by atoms with Crippen molar-refractivity contribution in [1.82, 2.24) is 4.90 Å². The van der Waals surface area contributed by atoms with Crippen LogP contribution < -0.4 is 5.32 Å². The number of rotatable bonds is 6. The van der Waals surface area contributed by atoms with Gasteiger partial charge in [0, 0.05) is 30.9 Å². The van der Waals surface area contributed by atoms with Crippen molar-refractivity contribution in [1.29, 1.82) is 0 Å². The summed E-state index contributed by atoms with van der Waals surface area (Å²) in [4.78, 5) is 24.2. The van der Waals surface area contributed by atoms with Crippen LogP contribution >= 0.6 is 0 Å². The number of halogens is 4. The highest BCUT2D eigenvalue weighted by Crippen LogP contribution is 2.38. The SMILES string of the molecule is O=C(COC1CCC(Nc2ccc([N+](=O)[O-])c(C(F)(F)F)c2)CC1)N1CCc2cc(F)ccc2C1. The third-order valence-electron chi connectivity index (χ3n) is 6.52. The number of carbonyl (C=O) groups is 1. The quantitative estimate of drug-likeness (QED) is 0.343. The lowest BCUT2D eigenvalue weighted by molar-refractivity contribution is -0.388. The van der Waals surface area contributed by atoms with Gasteiger partial charge in [-0.2, -0.15) is 13.2 Å². The first-order chi connectivity index (χ1) is 16.6. The molecule has 1 amide bonds. The van der Waals surface area contributed by atoms with Gasteiger partial charge in [-0.25, -0.2) is 4.39 Å². The lowest BCUT2D eigenvalue weighted by Crippen LogP contribution is -2.39. The van der Waals surface area contributed by atoms with Crippen LogP contribution in [0.4, 0.5) is 28.9 Å². The van der Waals surface area contributed by atoms with Crippen LogP contribution in [-0.4, -0.2) is 41.0 Å². The Morgan fingerprint density at radius 2 is 1.86 bits per heavy atom. The molecule has 0 atom stereocenters. The Morgan fingerprint density at radius 3 is 2.54 bits per heavy atom. The maximum absolute atomic E-state index is 13.4. The number of hydrogen-bond acceptors (Lipinski definition) is 5. The summed E-state index contributed by atoms with van der Waals surface area (Å²) < 4.78 is 58.8. The van der Waals surface area contributed by atoms with Gasteiger partial charge < -0.3 is 15.0 Å². The predicted molar refractivity (Wildman–Crippen MR) is 119 cm³/mol. The molecule has 1 fully saturated rings. The van der Waals surface area contributed by atoms with Gasteiger partial charge in [0.1, 0.15) is 18.0 Å². The van der Waals surface area contributed by atoms with E-state index in [2.05, 4.69) is 5.32 Å². The highest BCUT2D eigenvalue weighted by molar-refractivity contribution is 5.77. The molecule has 0 unspecified atom stereocenters. The van der Waals surface area contributed by atoms with Crippen molar-refractivity contribution < 1.29 is 32.0 Å². The second-order valence-electron chi connectivity index (χ2n) is 8.89. The summed E-state index contributed by atoms with van der Waals surface area (Å²) in [5.74, 6) is -0.419. The highest BCUT2D eigenvalue weighted by atomic mass is 19.4. The molecule has 35 heavy (non-hydrogen) atoms. The van der Waals surface area contributed by atoms with Gasteiger partial charge in [0.15, 0.2) is 0 Å². The summed E-state index contributed by atoms with van der Waals surface area (Å²) in [5, 5.41) is 13.9. The van der Waals surface area contributed by atoms with Gasteiger partial charge in [-0.1, -0.05) is 6.07 Å². The fourth-order valence-corrected chi connectivity index (χ4v) is 4.64. The molecule has 1 saturated carbocycles. The molecule has 1 heterocycles. The minimum absolute atomic E-state index is 0.0589. The number of amides is 1. The van der Waals surface area contributed by atoms with Gasteiger partial charge in [-0.15, -0.1) is 0 Å². The van der Waals surface area contributed by atoms with Gasteiger partial charge in [-0.05, 0) is 67.5 Å². The van der Waals surface area contributed by atoms with Crippen molar-refractivity contribution >= 4 is 17.3 Å². The Bertz CT molecular complexity index is 1100. The van der Waals surface area contributed by atoms with Crippen LogP contribution in [0, 0.1) is 15.9 Å². The largest absolute Gasteiger partial charge is 0.423 e. The fraction of sp³-hybridized carbons (Fsp3) is 0.458. The second kappa shape index (κ2) is 10.2. The number of alkyl halides is 3. The lowest BCUT2D eigenvalue weighted by atomic mass is 9.92. The highest BCUT2D eigenvalue weighted by Gasteiger charge is 2.38. The van der Waals surface area contributed by atoms with Crippen molar-refractivity contribution in [3.8, 4) is 0 Å². The van der Waals surface area contributed by atoms with Crippen LogP contribution in [0.25, 0.3) is 0 Å². The van der Waals surface area contributed by atoms with E-state index >= 15 is 0 Å². The zero-order valence-electron chi connectivity index (χ0n) is 18.8. The number of nitrogens with zero attached hydrogens (tertiary/aromatic N) is 2. The third kappa shape index (κ3) is 6.08. The van der Waals surface area contributed by atoms with Crippen molar-refractivity contribution in [3.05, 3.63) is 69.0 Å². The standard InChI is InChI=1S/C24H25F4N3O4/c25-17-2-1-16-13-30(10-9-15(16)11-17)23(32)14-35-20-6-3-18(4-7-20)29-19-5-8-22(31(33)34)21(12-19)24(26,27)28/h1-2,5,8,11-12,18,20,29H,3-4,6-7,9-10,13-14H2. The van der Waals surface area contributed by atoms with Crippen LogP contribution in [0.15, 0.2) is 36.4 Å². The molecule has 2 aromatic rings. The van der Waals surface area contributed by atoms with E-state index < -0.39 is 22.4 Å². The molecule has 0 radical (unpaired) electrons. The third-order valence-corrected chi connectivity index (χ3v) is 6.52. The van der Waals surface area contributed by atoms with E-state index in [-0.39, 0.29) is 36.2 Å². The minimum atomic E-state index is -4.83. The van der Waals surface area contributed by atoms with E-state index in [0.717, 1.165) is 23.3 Å². The number of ether oxygens (including phenoxy) is 1. The Morgan fingerprint density at radius 1 is 1.11 bits per heavy atom. The van der Waals surface area contributed by atoms with E-state index in [1.54, 1.807) is 11.0 Å². The molecule has 0 bridgehead atoms. The van der Waals surface area contributed by atoms with Gasteiger partial charge in [0.05, 0.1) is 11.0 Å². The van der Waals surface area contributed by atoms with Gasteiger partial charge in [-0.3, -0.25) is 14.9 Å². The van der Waals surface area contributed by atoms with Crippen molar-refractivity contribution in [2.24, 2.45) is 0 Å². The van der Waals surface area contributed by atoms with Gasteiger partial charge >= 0.3 is 6.18 Å². The monoisotopic (exact) mass is 495 g/mol. The first-order valence-corrected chi connectivity index (χ1v) is 11.4. The normalized spacial score (nSPS) is 20.3. The number of carbonyl (C=O) groups excluding carboxylic acids is 1. The van der Waals surface area contributed by atoms with Gasteiger partial charge in [0.25, 0.3) is 5.69 Å². The number of hydrogen-bond donors (Lipinski definition) is 1. The van der Waals surface area contributed by atoms with E-state index in [1.807, 2.05) is 0 Å². The fourth-order valence-electron chi connectivity index (χ4n) is 4.64. The molecule has 1 aliphatic carbocycles. The molecule has 1 aliphatic heterocycles. The van der Waals surface area contributed by atoms with Crippen LogP contribution in [-0.2, 0) is 28.7 Å². The van der Waals surface area contributed by atoms with Gasteiger partial charge in [0.2, 0.25) is 5.91 Å². The number of benzene rings is 2. The molecule has 4 rings (SSSR count). The zero-order chi connectivity index (χ0) is 25.2. The summed E-state index contributed by atoms with van der Waals surface area (Å²) in [6.45, 7) is 0.866. The van der Waals surface area contributed by atoms with Crippen molar-refractivity contribution in [2.75, 3.05) is 18.5 Å². The maximum Gasteiger partial charge on any atom is 0.423 e.